The zero-order valence-corrected chi connectivity index (χ0v) is 11.8. The van der Waals surface area contributed by atoms with Crippen LogP contribution in [-0.2, 0) is 0 Å². The van der Waals surface area contributed by atoms with Crippen LogP contribution in [0.1, 0.15) is 30.4 Å². The quantitative estimate of drug-likeness (QED) is 0.727. The van der Waals surface area contributed by atoms with Crippen molar-refractivity contribution in [1.82, 2.24) is 4.90 Å². The maximum absolute atomic E-state index is 12.0. The molecule has 0 saturated carbocycles. The second-order valence-corrected chi connectivity index (χ2v) is 6.21. The standard InChI is InChI=1S/C10H14INOS/c1-10(2,3)12(4)9(13)8-7(11)5-6-14-8/h5-6H,1-4H3. The van der Waals surface area contributed by atoms with Gasteiger partial charge in [-0.1, -0.05) is 0 Å². The highest BCUT2D eigenvalue weighted by Crippen LogP contribution is 2.23. The molecule has 14 heavy (non-hydrogen) atoms. The van der Waals surface area contributed by atoms with E-state index in [1.165, 1.54) is 11.3 Å². The highest BCUT2D eigenvalue weighted by molar-refractivity contribution is 14.1. The highest BCUT2D eigenvalue weighted by atomic mass is 127. The van der Waals surface area contributed by atoms with Gasteiger partial charge in [-0.3, -0.25) is 4.79 Å². The molecule has 1 aromatic heterocycles. The first kappa shape index (κ1) is 12.0. The molecule has 1 aromatic rings. The summed E-state index contributed by atoms with van der Waals surface area (Å²) >= 11 is 3.70. The van der Waals surface area contributed by atoms with Gasteiger partial charge in [-0.15, -0.1) is 11.3 Å². The smallest absolute Gasteiger partial charge is 0.265 e. The van der Waals surface area contributed by atoms with E-state index < -0.39 is 0 Å². The van der Waals surface area contributed by atoms with Gasteiger partial charge >= 0.3 is 0 Å². The zero-order valence-electron chi connectivity index (χ0n) is 8.80. The van der Waals surface area contributed by atoms with Crippen LogP contribution in [0.3, 0.4) is 0 Å². The van der Waals surface area contributed by atoms with Gasteiger partial charge in [0, 0.05) is 16.2 Å². The predicted molar refractivity (Wildman–Crippen MR) is 68.9 cm³/mol. The summed E-state index contributed by atoms with van der Waals surface area (Å²) < 4.78 is 1.04. The Kier molecular flexibility index (Phi) is 3.58. The zero-order chi connectivity index (χ0) is 10.9. The summed E-state index contributed by atoms with van der Waals surface area (Å²) in [5.74, 6) is 0.108. The van der Waals surface area contributed by atoms with Crippen LogP contribution < -0.4 is 0 Å². The molecule has 0 atom stereocenters. The first-order chi connectivity index (χ1) is 6.34. The molecule has 2 nitrogen and oxygen atoms in total. The van der Waals surface area contributed by atoms with Crippen molar-refractivity contribution in [3.63, 3.8) is 0 Å². The molecule has 1 heterocycles. The fourth-order valence-corrected chi connectivity index (χ4v) is 2.70. The molecule has 0 aliphatic carbocycles. The molecule has 4 heteroatoms. The number of thiophene rings is 1. The van der Waals surface area contributed by atoms with Crippen molar-refractivity contribution in [2.75, 3.05) is 7.05 Å². The second-order valence-electron chi connectivity index (χ2n) is 4.13. The first-order valence-corrected chi connectivity index (χ1v) is 6.31. The van der Waals surface area contributed by atoms with E-state index in [1.54, 1.807) is 4.90 Å². The maximum atomic E-state index is 12.0. The van der Waals surface area contributed by atoms with Crippen LogP contribution in [0.15, 0.2) is 11.4 Å². The Hall–Kier alpha value is -0.100. The van der Waals surface area contributed by atoms with E-state index in [2.05, 4.69) is 22.6 Å². The Morgan fingerprint density at radius 3 is 2.43 bits per heavy atom. The van der Waals surface area contributed by atoms with Crippen LogP contribution in [-0.4, -0.2) is 23.4 Å². The van der Waals surface area contributed by atoms with Crippen LogP contribution >= 0.6 is 33.9 Å². The molecular formula is C10H14INOS. The lowest BCUT2D eigenvalue weighted by atomic mass is 10.1. The number of carbonyl (C=O) groups excluding carboxylic acids is 1. The third-order valence-corrected chi connectivity index (χ3v) is 4.29. The van der Waals surface area contributed by atoms with E-state index in [4.69, 9.17) is 0 Å². The average molecular weight is 323 g/mol. The molecule has 1 rings (SSSR count). The topological polar surface area (TPSA) is 20.3 Å². The highest BCUT2D eigenvalue weighted by Gasteiger charge is 2.25. The van der Waals surface area contributed by atoms with Crippen LogP contribution in [0.25, 0.3) is 0 Å². The predicted octanol–water partition coefficient (Wildman–Crippen LogP) is 3.22. The lowest BCUT2D eigenvalue weighted by Gasteiger charge is -2.31. The van der Waals surface area contributed by atoms with E-state index in [0.717, 1.165) is 8.45 Å². The molecule has 0 radical (unpaired) electrons. The third-order valence-electron chi connectivity index (χ3n) is 2.12. The molecule has 0 aromatic carbocycles. The molecule has 0 aliphatic heterocycles. The molecular weight excluding hydrogens is 309 g/mol. The summed E-state index contributed by atoms with van der Waals surface area (Å²) in [5, 5.41) is 1.95. The van der Waals surface area contributed by atoms with Gasteiger partial charge < -0.3 is 4.90 Å². The van der Waals surface area contributed by atoms with Gasteiger partial charge in [0.15, 0.2) is 0 Å². The number of halogens is 1. The van der Waals surface area contributed by atoms with Gasteiger partial charge in [-0.2, -0.15) is 0 Å². The SMILES string of the molecule is CN(C(=O)c1sccc1I)C(C)(C)C. The van der Waals surface area contributed by atoms with Crippen molar-refractivity contribution in [3.8, 4) is 0 Å². The number of rotatable bonds is 1. The third kappa shape index (κ3) is 2.48. The van der Waals surface area contributed by atoms with Crippen molar-refractivity contribution in [2.24, 2.45) is 0 Å². The van der Waals surface area contributed by atoms with Gasteiger partial charge in [0.25, 0.3) is 5.91 Å². The second kappa shape index (κ2) is 4.18. The summed E-state index contributed by atoms with van der Waals surface area (Å²) in [6.07, 6.45) is 0. The molecule has 0 unspecified atom stereocenters. The minimum absolute atomic E-state index is 0.108. The Morgan fingerprint density at radius 2 is 2.07 bits per heavy atom. The molecule has 0 spiro atoms. The monoisotopic (exact) mass is 323 g/mol. The van der Waals surface area contributed by atoms with Gasteiger partial charge in [-0.25, -0.2) is 0 Å². The lowest BCUT2D eigenvalue weighted by Crippen LogP contribution is -2.42. The van der Waals surface area contributed by atoms with E-state index in [-0.39, 0.29) is 11.4 Å². The van der Waals surface area contributed by atoms with Crippen molar-refractivity contribution in [3.05, 3.63) is 19.9 Å². The van der Waals surface area contributed by atoms with E-state index in [9.17, 15) is 4.79 Å². The van der Waals surface area contributed by atoms with Crippen molar-refractivity contribution < 1.29 is 4.79 Å². The summed E-state index contributed by atoms with van der Waals surface area (Å²) in [7, 11) is 1.85. The Balaban J connectivity index is 2.92. The van der Waals surface area contributed by atoms with Crippen molar-refractivity contribution >= 4 is 39.8 Å². The van der Waals surface area contributed by atoms with Crippen LogP contribution in [0.5, 0.6) is 0 Å². The normalized spacial score (nSPS) is 11.5. The summed E-state index contributed by atoms with van der Waals surface area (Å²) in [6, 6.07) is 1.97. The van der Waals surface area contributed by atoms with Gasteiger partial charge in [0.2, 0.25) is 0 Å². The Morgan fingerprint density at radius 1 is 1.50 bits per heavy atom. The summed E-state index contributed by atoms with van der Waals surface area (Å²) in [4.78, 5) is 14.6. The molecule has 0 saturated heterocycles. The Labute approximate surface area is 102 Å². The summed E-state index contributed by atoms with van der Waals surface area (Å²) in [6.45, 7) is 6.10. The first-order valence-electron chi connectivity index (χ1n) is 4.35. The van der Waals surface area contributed by atoms with E-state index in [1.807, 2.05) is 39.3 Å². The number of nitrogens with zero attached hydrogens (tertiary/aromatic N) is 1. The van der Waals surface area contributed by atoms with Gasteiger partial charge in [0.05, 0.1) is 0 Å². The van der Waals surface area contributed by atoms with Crippen LogP contribution in [0, 0.1) is 3.57 Å². The molecule has 1 amide bonds. The van der Waals surface area contributed by atoms with Crippen LogP contribution in [0.2, 0.25) is 0 Å². The lowest BCUT2D eigenvalue weighted by molar-refractivity contribution is 0.0660. The molecule has 0 N–H and O–H groups in total. The average Bonchev–Trinajstić information content (AvgIpc) is 2.47. The molecule has 0 fully saturated rings. The Bertz CT molecular complexity index is 340. The van der Waals surface area contributed by atoms with E-state index in [0.29, 0.717) is 0 Å². The minimum atomic E-state index is -0.121. The molecule has 78 valence electrons. The number of carbonyl (C=O) groups is 1. The maximum Gasteiger partial charge on any atom is 0.265 e. The van der Waals surface area contributed by atoms with E-state index >= 15 is 0 Å². The van der Waals surface area contributed by atoms with Crippen LogP contribution in [0.4, 0.5) is 0 Å². The van der Waals surface area contributed by atoms with Gasteiger partial charge in [-0.05, 0) is 54.8 Å². The van der Waals surface area contributed by atoms with Gasteiger partial charge in [0.1, 0.15) is 4.88 Å². The molecule has 0 aliphatic rings. The van der Waals surface area contributed by atoms with Crippen molar-refractivity contribution in [1.29, 1.82) is 0 Å². The minimum Gasteiger partial charge on any atom is -0.336 e. The number of hydrogen-bond donors (Lipinski definition) is 0. The largest absolute Gasteiger partial charge is 0.336 e. The summed E-state index contributed by atoms with van der Waals surface area (Å²) in [5.41, 5.74) is -0.121. The fraction of sp³-hybridized carbons (Fsp3) is 0.500. The number of hydrogen-bond acceptors (Lipinski definition) is 2. The fourth-order valence-electron chi connectivity index (χ4n) is 0.903. The number of amides is 1. The molecule has 0 bridgehead atoms. The van der Waals surface area contributed by atoms with Crippen molar-refractivity contribution in [2.45, 2.75) is 26.3 Å².